The van der Waals surface area contributed by atoms with Gasteiger partial charge >= 0.3 is 0 Å². The summed E-state index contributed by atoms with van der Waals surface area (Å²) in [5, 5.41) is 4.95. The second-order valence-corrected chi connectivity index (χ2v) is 9.10. The predicted molar refractivity (Wildman–Crippen MR) is 143 cm³/mol. The number of fused-ring (bicyclic) bond motifs is 1. The van der Waals surface area contributed by atoms with E-state index in [0.717, 1.165) is 59.9 Å². The van der Waals surface area contributed by atoms with Crippen LogP contribution < -0.4 is 15.6 Å². The lowest BCUT2D eigenvalue weighted by Crippen LogP contribution is -2.44. The van der Waals surface area contributed by atoms with Crippen molar-refractivity contribution in [3.63, 3.8) is 0 Å². The zero-order valence-electron chi connectivity index (χ0n) is 20.5. The van der Waals surface area contributed by atoms with Crippen LogP contribution in [0.3, 0.4) is 0 Å². The lowest BCUT2D eigenvalue weighted by atomic mass is 9.92. The molecule has 1 unspecified atom stereocenters. The molecule has 4 heterocycles. The quantitative estimate of drug-likeness (QED) is 0.501. The van der Waals surface area contributed by atoms with E-state index in [0.29, 0.717) is 6.54 Å². The van der Waals surface area contributed by atoms with Crippen molar-refractivity contribution in [2.45, 2.75) is 12.6 Å². The van der Waals surface area contributed by atoms with Gasteiger partial charge < -0.3 is 15.1 Å². The van der Waals surface area contributed by atoms with Crippen LogP contribution in [0, 0.1) is 0 Å². The smallest absolute Gasteiger partial charge is 0.243 e. The van der Waals surface area contributed by atoms with Crippen LogP contribution in [-0.2, 0) is 11.3 Å². The van der Waals surface area contributed by atoms with Crippen LogP contribution in [0.1, 0.15) is 28.3 Å². The number of hydrogen-bond acceptors (Lipinski definition) is 7. The van der Waals surface area contributed by atoms with Crippen molar-refractivity contribution >= 4 is 23.5 Å². The summed E-state index contributed by atoms with van der Waals surface area (Å²) in [5.41, 5.74) is 8.80. The van der Waals surface area contributed by atoms with Crippen LogP contribution >= 0.6 is 0 Å². The Morgan fingerprint density at radius 1 is 1.14 bits per heavy atom. The van der Waals surface area contributed by atoms with Gasteiger partial charge in [-0.2, -0.15) is 0 Å². The second-order valence-electron chi connectivity index (χ2n) is 9.10. The third kappa shape index (κ3) is 5.23. The summed E-state index contributed by atoms with van der Waals surface area (Å²) in [6.07, 6.45) is 11.0. The standard InChI is InChI=1S/C28H31N7O/c1-3-27(36)31-18-21-5-4-6-22(17-21)28-25-9-11-29-19-23(25)10-12-35(28)32-24-7-8-26(30-20-24)34-15-13-33(2)14-16-34/h3-12,17,19-20,28,32H,1,13-16,18H2,2H3,(H,31,36). The highest BCUT2D eigenvalue weighted by atomic mass is 16.1. The summed E-state index contributed by atoms with van der Waals surface area (Å²) in [6.45, 7) is 8.04. The molecular formula is C28H31N7O. The number of anilines is 2. The zero-order valence-corrected chi connectivity index (χ0v) is 20.5. The van der Waals surface area contributed by atoms with Crippen molar-refractivity contribution in [3.8, 4) is 0 Å². The number of amides is 1. The number of hydrogen-bond donors (Lipinski definition) is 2. The first-order valence-corrected chi connectivity index (χ1v) is 12.2. The average molecular weight is 482 g/mol. The molecule has 1 amide bonds. The van der Waals surface area contributed by atoms with Gasteiger partial charge in [-0.25, -0.2) is 4.98 Å². The summed E-state index contributed by atoms with van der Waals surface area (Å²) >= 11 is 0. The van der Waals surface area contributed by atoms with Crippen molar-refractivity contribution in [2.75, 3.05) is 43.6 Å². The molecule has 1 fully saturated rings. The van der Waals surface area contributed by atoms with Crippen LogP contribution in [0.15, 0.2) is 79.9 Å². The molecule has 2 N–H and O–H groups in total. The lowest BCUT2D eigenvalue weighted by molar-refractivity contribution is -0.116. The van der Waals surface area contributed by atoms with E-state index in [4.69, 9.17) is 4.98 Å². The number of piperazine rings is 1. The van der Waals surface area contributed by atoms with Crippen LogP contribution in [0.2, 0.25) is 0 Å². The number of carbonyl (C=O) groups is 1. The fraction of sp³-hybridized carbons (Fsp3) is 0.250. The first-order valence-electron chi connectivity index (χ1n) is 12.2. The van der Waals surface area contributed by atoms with Crippen LogP contribution in [0.4, 0.5) is 11.5 Å². The van der Waals surface area contributed by atoms with Gasteiger partial charge in [0.1, 0.15) is 11.9 Å². The molecule has 2 aliphatic heterocycles. The van der Waals surface area contributed by atoms with E-state index in [1.165, 1.54) is 6.08 Å². The van der Waals surface area contributed by atoms with Gasteiger partial charge in [0.15, 0.2) is 0 Å². The van der Waals surface area contributed by atoms with Gasteiger partial charge in [-0.3, -0.25) is 20.2 Å². The van der Waals surface area contributed by atoms with Gasteiger partial charge in [0.05, 0.1) is 11.9 Å². The third-order valence-electron chi connectivity index (χ3n) is 6.63. The predicted octanol–water partition coefficient (Wildman–Crippen LogP) is 3.43. The Kier molecular flexibility index (Phi) is 6.95. The number of nitrogens with zero attached hydrogens (tertiary/aromatic N) is 5. The normalized spacial score (nSPS) is 17.4. The van der Waals surface area contributed by atoms with E-state index in [2.05, 4.69) is 80.6 Å². The van der Waals surface area contributed by atoms with Gasteiger partial charge in [0, 0.05) is 51.3 Å². The number of rotatable bonds is 7. The largest absolute Gasteiger partial charge is 0.354 e. The highest BCUT2D eigenvalue weighted by Gasteiger charge is 2.26. The zero-order chi connectivity index (χ0) is 24.9. The molecule has 1 aromatic carbocycles. The molecule has 184 valence electrons. The van der Waals surface area contributed by atoms with Crippen molar-refractivity contribution in [2.24, 2.45) is 0 Å². The Labute approximate surface area is 211 Å². The topological polar surface area (TPSA) is 76.6 Å². The number of nitrogens with one attached hydrogen (secondary N) is 2. The van der Waals surface area contributed by atoms with E-state index < -0.39 is 0 Å². The Hall–Kier alpha value is -4.17. The van der Waals surface area contributed by atoms with Crippen molar-refractivity contribution in [1.82, 2.24) is 25.2 Å². The molecule has 5 rings (SSSR count). The van der Waals surface area contributed by atoms with Crippen molar-refractivity contribution in [1.29, 1.82) is 0 Å². The molecule has 0 bridgehead atoms. The molecule has 2 aromatic heterocycles. The third-order valence-corrected chi connectivity index (χ3v) is 6.63. The molecule has 2 aliphatic rings. The monoisotopic (exact) mass is 481 g/mol. The maximum absolute atomic E-state index is 11.7. The van der Waals surface area contributed by atoms with Crippen molar-refractivity contribution in [3.05, 3.63) is 102 Å². The Morgan fingerprint density at radius 3 is 2.78 bits per heavy atom. The molecule has 0 spiro atoms. The van der Waals surface area contributed by atoms with Gasteiger partial charge in [-0.1, -0.05) is 30.8 Å². The van der Waals surface area contributed by atoms with Crippen LogP contribution in [-0.4, -0.2) is 59.0 Å². The highest BCUT2D eigenvalue weighted by molar-refractivity contribution is 5.86. The summed E-state index contributed by atoms with van der Waals surface area (Å²) < 4.78 is 0. The molecule has 0 radical (unpaired) electrons. The SMILES string of the molecule is C=CC(=O)NCc1cccc(C2c3ccncc3C=CN2Nc2ccc(N3CCN(C)CC3)nc2)c1. The maximum atomic E-state index is 11.7. The van der Waals surface area contributed by atoms with E-state index in [-0.39, 0.29) is 11.9 Å². The maximum Gasteiger partial charge on any atom is 0.243 e. The molecular weight excluding hydrogens is 450 g/mol. The molecule has 36 heavy (non-hydrogen) atoms. The van der Waals surface area contributed by atoms with Crippen LogP contribution in [0.25, 0.3) is 6.08 Å². The fourth-order valence-corrected chi connectivity index (χ4v) is 4.60. The second kappa shape index (κ2) is 10.6. The minimum atomic E-state index is -0.187. The van der Waals surface area contributed by atoms with Gasteiger partial charge in [0.2, 0.25) is 5.91 Å². The first kappa shape index (κ1) is 23.6. The molecule has 1 atom stereocenters. The Morgan fingerprint density at radius 2 is 2.00 bits per heavy atom. The number of aromatic nitrogens is 2. The molecule has 8 heteroatoms. The molecule has 1 saturated heterocycles. The number of pyridine rings is 2. The summed E-state index contributed by atoms with van der Waals surface area (Å²) in [7, 11) is 2.15. The van der Waals surface area contributed by atoms with E-state index in [1.807, 2.05) is 36.9 Å². The lowest BCUT2D eigenvalue weighted by Gasteiger charge is -2.36. The minimum absolute atomic E-state index is 0.0830. The molecule has 0 saturated carbocycles. The van der Waals surface area contributed by atoms with Gasteiger partial charge in [-0.15, -0.1) is 0 Å². The van der Waals surface area contributed by atoms with E-state index in [9.17, 15) is 4.79 Å². The molecule has 3 aromatic rings. The average Bonchev–Trinajstić information content (AvgIpc) is 2.92. The van der Waals surface area contributed by atoms with Gasteiger partial charge in [-0.05, 0) is 59.7 Å². The summed E-state index contributed by atoms with van der Waals surface area (Å²) in [4.78, 5) is 25.4. The van der Waals surface area contributed by atoms with E-state index in [1.54, 1.807) is 0 Å². The number of benzene rings is 1. The Balaban J connectivity index is 1.38. The van der Waals surface area contributed by atoms with E-state index >= 15 is 0 Å². The highest BCUT2D eigenvalue weighted by Crippen LogP contribution is 2.35. The van der Waals surface area contributed by atoms with Gasteiger partial charge in [0.25, 0.3) is 0 Å². The fourth-order valence-electron chi connectivity index (χ4n) is 4.60. The van der Waals surface area contributed by atoms with Crippen molar-refractivity contribution < 1.29 is 4.79 Å². The molecule has 0 aliphatic carbocycles. The first-order chi connectivity index (χ1) is 17.6. The number of likely N-dealkylation sites (N-methyl/N-ethyl adjacent to an activating group) is 1. The summed E-state index contributed by atoms with van der Waals surface area (Å²) in [5.74, 6) is 0.818. The minimum Gasteiger partial charge on any atom is -0.354 e. The Bertz CT molecular complexity index is 1250. The molecule has 8 nitrogen and oxygen atoms in total. The summed E-state index contributed by atoms with van der Waals surface area (Å²) in [6, 6.07) is 14.4. The number of hydrazine groups is 1. The number of carbonyl (C=O) groups excluding carboxylic acids is 1. The van der Waals surface area contributed by atoms with Crippen LogP contribution in [0.5, 0.6) is 0 Å².